The van der Waals surface area contributed by atoms with Crippen LogP contribution in [-0.2, 0) is 6.42 Å². The SMILES string of the molecule is Nc1ncc(F)cc1C(=O)NCCCc1ncc[nH]1. The quantitative estimate of drug-likeness (QED) is 0.698. The normalized spacial score (nSPS) is 10.4. The predicted octanol–water partition coefficient (Wildman–Crippen LogP) is 0.889. The summed E-state index contributed by atoms with van der Waals surface area (Å²) in [6.07, 6.45) is 5.84. The fourth-order valence-electron chi connectivity index (χ4n) is 1.62. The van der Waals surface area contributed by atoms with E-state index in [1.54, 1.807) is 12.4 Å². The van der Waals surface area contributed by atoms with Gasteiger partial charge in [0.15, 0.2) is 0 Å². The third kappa shape index (κ3) is 3.51. The van der Waals surface area contributed by atoms with E-state index >= 15 is 0 Å². The summed E-state index contributed by atoms with van der Waals surface area (Å²) in [5, 5.41) is 2.66. The van der Waals surface area contributed by atoms with Gasteiger partial charge in [-0.05, 0) is 12.5 Å². The van der Waals surface area contributed by atoms with Crippen LogP contribution in [0.15, 0.2) is 24.7 Å². The minimum Gasteiger partial charge on any atom is -0.383 e. The molecule has 19 heavy (non-hydrogen) atoms. The van der Waals surface area contributed by atoms with Crippen molar-refractivity contribution in [2.45, 2.75) is 12.8 Å². The largest absolute Gasteiger partial charge is 0.383 e. The monoisotopic (exact) mass is 263 g/mol. The van der Waals surface area contributed by atoms with E-state index in [9.17, 15) is 9.18 Å². The molecule has 7 heteroatoms. The Kier molecular flexibility index (Phi) is 4.07. The number of nitrogens with zero attached hydrogens (tertiary/aromatic N) is 2. The van der Waals surface area contributed by atoms with Crippen LogP contribution in [-0.4, -0.2) is 27.4 Å². The first-order chi connectivity index (χ1) is 9.16. The van der Waals surface area contributed by atoms with E-state index in [2.05, 4.69) is 20.3 Å². The first-order valence-corrected chi connectivity index (χ1v) is 5.84. The van der Waals surface area contributed by atoms with Crippen molar-refractivity contribution in [3.05, 3.63) is 41.9 Å². The molecule has 0 aliphatic heterocycles. The summed E-state index contributed by atoms with van der Waals surface area (Å²) in [7, 11) is 0. The lowest BCUT2D eigenvalue weighted by molar-refractivity contribution is 0.0953. The maximum atomic E-state index is 13.0. The van der Waals surface area contributed by atoms with Gasteiger partial charge in [-0.3, -0.25) is 4.79 Å². The number of pyridine rings is 1. The lowest BCUT2D eigenvalue weighted by Gasteiger charge is -2.06. The van der Waals surface area contributed by atoms with Crippen LogP contribution in [0.5, 0.6) is 0 Å². The number of amides is 1. The first kappa shape index (κ1) is 13.0. The number of hydrogen-bond donors (Lipinski definition) is 3. The molecule has 2 aromatic heterocycles. The van der Waals surface area contributed by atoms with Gasteiger partial charge in [-0.15, -0.1) is 0 Å². The van der Waals surface area contributed by atoms with Crippen molar-refractivity contribution >= 4 is 11.7 Å². The first-order valence-electron chi connectivity index (χ1n) is 5.84. The molecule has 2 rings (SSSR count). The van der Waals surface area contributed by atoms with E-state index in [1.807, 2.05) is 0 Å². The van der Waals surface area contributed by atoms with Crippen LogP contribution in [0.3, 0.4) is 0 Å². The van der Waals surface area contributed by atoms with E-state index in [4.69, 9.17) is 5.73 Å². The maximum absolute atomic E-state index is 13.0. The molecular weight excluding hydrogens is 249 g/mol. The van der Waals surface area contributed by atoms with Gasteiger partial charge in [0.25, 0.3) is 5.91 Å². The van der Waals surface area contributed by atoms with E-state index in [-0.39, 0.29) is 11.4 Å². The molecule has 0 unspecified atom stereocenters. The molecule has 4 N–H and O–H groups in total. The number of halogens is 1. The Morgan fingerprint density at radius 2 is 2.32 bits per heavy atom. The topological polar surface area (TPSA) is 96.7 Å². The number of aryl methyl sites for hydroxylation is 1. The molecule has 0 fully saturated rings. The molecule has 0 saturated heterocycles. The molecule has 0 radical (unpaired) electrons. The van der Waals surface area contributed by atoms with Crippen LogP contribution in [0.2, 0.25) is 0 Å². The highest BCUT2D eigenvalue weighted by molar-refractivity contribution is 5.98. The Hall–Kier alpha value is -2.44. The van der Waals surface area contributed by atoms with E-state index in [0.717, 1.165) is 30.9 Å². The molecular formula is C12H14FN5O. The minimum absolute atomic E-state index is 0.0185. The van der Waals surface area contributed by atoms with Gasteiger partial charge in [0.2, 0.25) is 0 Å². The van der Waals surface area contributed by atoms with E-state index < -0.39 is 11.7 Å². The second kappa shape index (κ2) is 5.94. The molecule has 2 heterocycles. The van der Waals surface area contributed by atoms with Crippen molar-refractivity contribution in [1.29, 1.82) is 0 Å². The van der Waals surface area contributed by atoms with Crippen LogP contribution in [0.1, 0.15) is 22.6 Å². The Bertz CT molecular complexity index is 555. The minimum atomic E-state index is -0.588. The van der Waals surface area contributed by atoms with Crippen molar-refractivity contribution in [1.82, 2.24) is 20.3 Å². The molecule has 0 spiro atoms. The fourth-order valence-corrected chi connectivity index (χ4v) is 1.62. The number of nitrogen functional groups attached to an aromatic ring is 1. The molecule has 6 nitrogen and oxygen atoms in total. The fraction of sp³-hybridized carbons (Fsp3) is 0.250. The van der Waals surface area contributed by atoms with Crippen LogP contribution in [0, 0.1) is 5.82 Å². The van der Waals surface area contributed by atoms with E-state index in [1.165, 1.54) is 0 Å². The molecule has 0 aliphatic carbocycles. The average Bonchev–Trinajstić information content (AvgIpc) is 2.90. The molecule has 0 aromatic carbocycles. The predicted molar refractivity (Wildman–Crippen MR) is 67.8 cm³/mol. The zero-order valence-corrected chi connectivity index (χ0v) is 10.2. The third-order valence-corrected chi connectivity index (χ3v) is 2.56. The molecule has 0 aliphatic rings. The second-order valence-electron chi connectivity index (χ2n) is 3.98. The van der Waals surface area contributed by atoms with Crippen LogP contribution in [0.4, 0.5) is 10.2 Å². The molecule has 0 bridgehead atoms. The van der Waals surface area contributed by atoms with Crippen LogP contribution in [0.25, 0.3) is 0 Å². The number of nitrogens with one attached hydrogen (secondary N) is 2. The maximum Gasteiger partial charge on any atom is 0.255 e. The number of carbonyl (C=O) groups is 1. The Balaban J connectivity index is 1.82. The summed E-state index contributed by atoms with van der Waals surface area (Å²) in [5.74, 6) is -0.134. The molecule has 0 atom stereocenters. The van der Waals surface area contributed by atoms with Gasteiger partial charge >= 0.3 is 0 Å². The van der Waals surface area contributed by atoms with Crippen molar-refractivity contribution in [3.63, 3.8) is 0 Å². The summed E-state index contributed by atoms with van der Waals surface area (Å²) in [5.41, 5.74) is 5.57. The number of H-pyrrole nitrogens is 1. The number of aromatic amines is 1. The van der Waals surface area contributed by atoms with Crippen molar-refractivity contribution in [3.8, 4) is 0 Å². The van der Waals surface area contributed by atoms with Crippen LogP contribution < -0.4 is 11.1 Å². The zero-order valence-electron chi connectivity index (χ0n) is 10.2. The van der Waals surface area contributed by atoms with Crippen LogP contribution >= 0.6 is 0 Å². The van der Waals surface area contributed by atoms with Crippen molar-refractivity contribution in [2.24, 2.45) is 0 Å². The van der Waals surface area contributed by atoms with E-state index in [0.29, 0.717) is 6.54 Å². The number of anilines is 1. The number of hydrogen-bond acceptors (Lipinski definition) is 4. The Morgan fingerprint density at radius 1 is 1.47 bits per heavy atom. The molecule has 100 valence electrons. The molecule has 1 amide bonds. The standard InChI is InChI=1S/C12H14FN5O/c13-8-6-9(11(14)18-7-8)12(19)17-3-1-2-10-15-4-5-16-10/h4-7H,1-3H2,(H2,14,18)(H,15,16)(H,17,19). The number of imidazole rings is 1. The van der Waals surface area contributed by atoms with Gasteiger partial charge in [-0.1, -0.05) is 0 Å². The van der Waals surface area contributed by atoms with Crippen molar-refractivity contribution in [2.75, 3.05) is 12.3 Å². The number of rotatable bonds is 5. The highest BCUT2D eigenvalue weighted by Crippen LogP contribution is 2.09. The summed E-state index contributed by atoms with van der Waals surface area (Å²) in [4.78, 5) is 22.4. The Labute approximate surface area is 109 Å². The molecule has 2 aromatic rings. The third-order valence-electron chi connectivity index (χ3n) is 2.56. The number of aromatic nitrogens is 3. The van der Waals surface area contributed by atoms with Gasteiger partial charge in [-0.2, -0.15) is 0 Å². The lowest BCUT2D eigenvalue weighted by atomic mass is 10.2. The summed E-state index contributed by atoms with van der Waals surface area (Å²) >= 11 is 0. The second-order valence-corrected chi connectivity index (χ2v) is 3.98. The lowest BCUT2D eigenvalue weighted by Crippen LogP contribution is -2.26. The highest BCUT2D eigenvalue weighted by Gasteiger charge is 2.11. The Morgan fingerprint density at radius 3 is 3.05 bits per heavy atom. The average molecular weight is 263 g/mol. The van der Waals surface area contributed by atoms with Crippen molar-refractivity contribution < 1.29 is 9.18 Å². The van der Waals surface area contributed by atoms with Gasteiger partial charge in [-0.25, -0.2) is 14.4 Å². The van der Waals surface area contributed by atoms with Gasteiger partial charge in [0.1, 0.15) is 17.5 Å². The smallest absolute Gasteiger partial charge is 0.255 e. The summed E-state index contributed by atoms with van der Waals surface area (Å²) in [6, 6.07) is 1.07. The zero-order chi connectivity index (χ0) is 13.7. The summed E-state index contributed by atoms with van der Waals surface area (Å²) in [6.45, 7) is 0.454. The number of carbonyl (C=O) groups excluding carboxylic acids is 1. The molecule has 0 saturated carbocycles. The van der Waals surface area contributed by atoms with Gasteiger partial charge in [0.05, 0.1) is 11.8 Å². The number of nitrogens with two attached hydrogens (primary N) is 1. The highest BCUT2D eigenvalue weighted by atomic mass is 19.1. The summed E-state index contributed by atoms with van der Waals surface area (Å²) < 4.78 is 13.0. The van der Waals surface area contributed by atoms with Gasteiger partial charge < -0.3 is 16.0 Å². The van der Waals surface area contributed by atoms with Gasteiger partial charge in [0, 0.05) is 25.4 Å².